The summed E-state index contributed by atoms with van der Waals surface area (Å²) in [6, 6.07) is 12.0. The molecule has 1 aliphatic heterocycles. The van der Waals surface area contributed by atoms with Crippen LogP contribution in [0.4, 0.5) is 4.39 Å². The van der Waals surface area contributed by atoms with Crippen molar-refractivity contribution in [3.63, 3.8) is 0 Å². The SMILES string of the molecule is C=C(C(=O)c1ccc(-c2cscn2)s1)N1CCN(C(=O)c2ccccc2)C[C@H]1CF. The Hall–Kier alpha value is -2.84. The van der Waals surface area contributed by atoms with E-state index in [4.69, 9.17) is 0 Å². The Kier molecular flexibility index (Phi) is 6.06. The number of carbonyl (C=O) groups excluding carboxylic acids is 2. The molecule has 5 nitrogen and oxygen atoms in total. The van der Waals surface area contributed by atoms with Gasteiger partial charge in [0.2, 0.25) is 5.78 Å². The first-order valence-corrected chi connectivity index (χ1v) is 11.2. The zero-order chi connectivity index (χ0) is 21.1. The zero-order valence-corrected chi connectivity index (χ0v) is 17.8. The Morgan fingerprint density at radius 1 is 1.17 bits per heavy atom. The van der Waals surface area contributed by atoms with Crippen LogP contribution in [0.25, 0.3) is 10.6 Å². The quantitative estimate of drug-likeness (QED) is 0.421. The molecule has 0 saturated carbocycles. The molecule has 0 radical (unpaired) electrons. The standard InChI is InChI=1S/C22H20FN3O2S2/c1-15(21(27)20-8-7-19(30-20)18-13-29-14-24-18)26-10-9-25(12-17(26)11-23)22(28)16-5-3-2-4-6-16/h2-8,13-14,17H,1,9-12H2/t17-/m1/s1. The number of alkyl halides is 1. The molecule has 2 aromatic heterocycles. The van der Waals surface area contributed by atoms with E-state index in [1.807, 2.05) is 17.5 Å². The van der Waals surface area contributed by atoms with Gasteiger partial charge in [0.05, 0.1) is 32.7 Å². The first-order chi connectivity index (χ1) is 14.6. The number of halogens is 1. The molecule has 154 valence electrons. The van der Waals surface area contributed by atoms with Crippen molar-refractivity contribution in [3.8, 4) is 10.6 Å². The van der Waals surface area contributed by atoms with Gasteiger partial charge in [-0.05, 0) is 24.3 Å². The Morgan fingerprint density at radius 3 is 2.67 bits per heavy atom. The number of piperazine rings is 1. The van der Waals surface area contributed by atoms with Crippen LogP contribution < -0.4 is 0 Å². The number of nitrogens with zero attached hydrogens (tertiary/aromatic N) is 3. The lowest BCUT2D eigenvalue weighted by atomic mass is 10.1. The smallest absolute Gasteiger partial charge is 0.253 e. The summed E-state index contributed by atoms with van der Waals surface area (Å²) in [4.78, 5) is 34.7. The monoisotopic (exact) mass is 441 g/mol. The molecule has 0 spiro atoms. The van der Waals surface area contributed by atoms with E-state index in [0.717, 1.165) is 10.6 Å². The minimum atomic E-state index is -0.667. The van der Waals surface area contributed by atoms with Gasteiger partial charge in [-0.25, -0.2) is 9.37 Å². The number of hydrogen-bond donors (Lipinski definition) is 0. The molecule has 1 amide bonds. The molecule has 1 atom stereocenters. The Balaban J connectivity index is 1.45. The number of allylic oxidation sites excluding steroid dienone is 1. The van der Waals surface area contributed by atoms with Gasteiger partial charge < -0.3 is 9.80 Å². The van der Waals surface area contributed by atoms with Crippen molar-refractivity contribution in [1.29, 1.82) is 0 Å². The van der Waals surface area contributed by atoms with Gasteiger partial charge in [-0.3, -0.25) is 9.59 Å². The fourth-order valence-electron chi connectivity index (χ4n) is 3.49. The Morgan fingerprint density at radius 2 is 1.97 bits per heavy atom. The van der Waals surface area contributed by atoms with Crippen LogP contribution in [0.3, 0.4) is 0 Å². The van der Waals surface area contributed by atoms with Crippen LogP contribution >= 0.6 is 22.7 Å². The number of rotatable bonds is 6. The van der Waals surface area contributed by atoms with E-state index in [9.17, 15) is 14.0 Å². The predicted molar refractivity (Wildman–Crippen MR) is 118 cm³/mol. The molecule has 1 aliphatic rings. The predicted octanol–water partition coefficient (Wildman–Crippen LogP) is 4.36. The number of hydrogen-bond acceptors (Lipinski definition) is 6. The second-order valence-corrected chi connectivity index (χ2v) is 8.73. The summed E-state index contributed by atoms with van der Waals surface area (Å²) >= 11 is 2.85. The van der Waals surface area contributed by atoms with Crippen molar-refractivity contribution < 1.29 is 14.0 Å². The first-order valence-electron chi connectivity index (χ1n) is 9.47. The van der Waals surface area contributed by atoms with E-state index in [1.54, 1.807) is 45.6 Å². The molecule has 0 bridgehead atoms. The molecule has 0 aliphatic carbocycles. The van der Waals surface area contributed by atoms with Gasteiger partial charge in [-0.2, -0.15) is 0 Å². The largest absolute Gasteiger partial charge is 0.360 e. The molecule has 4 rings (SSSR count). The fraction of sp³-hybridized carbons (Fsp3) is 0.227. The lowest BCUT2D eigenvalue weighted by molar-refractivity contribution is 0.0511. The van der Waals surface area contributed by atoms with E-state index in [1.165, 1.54) is 22.7 Å². The number of thiazole rings is 1. The summed E-state index contributed by atoms with van der Waals surface area (Å²) in [5.74, 6) is -0.348. The number of ketones is 1. The summed E-state index contributed by atoms with van der Waals surface area (Å²) in [7, 11) is 0. The van der Waals surface area contributed by atoms with Crippen molar-refractivity contribution in [2.24, 2.45) is 0 Å². The third kappa shape index (κ3) is 4.06. The summed E-state index contributed by atoms with van der Waals surface area (Å²) in [6.07, 6.45) is 0. The molecule has 1 aromatic carbocycles. The minimum Gasteiger partial charge on any atom is -0.360 e. The second-order valence-electron chi connectivity index (χ2n) is 6.93. The van der Waals surface area contributed by atoms with Crippen LogP contribution in [-0.4, -0.2) is 58.8 Å². The van der Waals surface area contributed by atoms with Crippen molar-refractivity contribution in [1.82, 2.24) is 14.8 Å². The molecule has 0 unspecified atom stereocenters. The molecule has 3 heterocycles. The highest BCUT2D eigenvalue weighted by Gasteiger charge is 2.33. The molecular weight excluding hydrogens is 421 g/mol. The lowest BCUT2D eigenvalue weighted by Gasteiger charge is -2.42. The van der Waals surface area contributed by atoms with E-state index >= 15 is 0 Å². The highest BCUT2D eigenvalue weighted by molar-refractivity contribution is 7.17. The summed E-state index contributed by atoms with van der Waals surface area (Å²) < 4.78 is 13.8. The summed E-state index contributed by atoms with van der Waals surface area (Å²) in [5, 5.41) is 1.93. The molecular formula is C22H20FN3O2S2. The summed E-state index contributed by atoms with van der Waals surface area (Å²) in [6.45, 7) is 4.27. The lowest BCUT2D eigenvalue weighted by Crippen LogP contribution is -2.55. The van der Waals surface area contributed by atoms with Crippen molar-refractivity contribution in [3.05, 3.63) is 76.1 Å². The van der Waals surface area contributed by atoms with Gasteiger partial charge in [0.15, 0.2) is 0 Å². The average molecular weight is 442 g/mol. The van der Waals surface area contributed by atoms with Crippen LogP contribution in [0, 0.1) is 0 Å². The molecule has 1 fully saturated rings. The van der Waals surface area contributed by atoms with Gasteiger partial charge in [-0.1, -0.05) is 24.8 Å². The maximum atomic E-state index is 13.8. The maximum Gasteiger partial charge on any atom is 0.253 e. The van der Waals surface area contributed by atoms with Crippen molar-refractivity contribution in [2.45, 2.75) is 6.04 Å². The molecule has 1 saturated heterocycles. The van der Waals surface area contributed by atoms with E-state index in [0.29, 0.717) is 23.5 Å². The van der Waals surface area contributed by atoms with Crippen LogP contribution in [0.15, 0.2) is 65.6 Å². The fourth-order valence-corrected chi connectivity index (χ4v) is 5.06. The number of aromatic nitrogens is 1. The number of thiophene rings is 1. The third-order valence-corrected chi connectivity index (χ3v) is 6.79. The first kappa shape index (κ1) is 20.4. The van der Waals surface area contributed by atoms with Crippen molar-refractivity contribution in [2.75, 3.05) is 26.3 Å². The number of Topliss-reactive ketones (excluding diaryl/α,β-unsaturated/α-hetero) is 1. The maximum absolute atomic E-state index is 13.8. The molecule has 0 N–H and O–H groups in total. The molecule has 8 heteroatoms. The highest BCUT2D eigenvalue weighted by atomic mass is 32.1. The van der Waals surface area contributed by atoms with E-state index < -0.39 is 12.7 Å². The van der Waals surface area contributed by atoms with Crippen LogP contribution in [0.5, 0.6) is 0 Å². The van der Waals surface area contributed by atoms with Crippen LogP contribution in [0.1, 0.15) is 20.0 Å². The van der Waals surface area contributed by atoms with Gasteiger partial charge in [0.1, 0.15) is 6.67 Å². The average Bonchev–Trinajstić information content (AvgIpc) is 3.50. The van der Waals surface area contributed by atoms with Crippen LogP contribution in [0.2, 0.25) is 0 Å². The second kappa shape index (κ2) is 8.89. The topological polar surface area (TPSA) is 53.5 Å². The highest BCUT2D eigenvalue weighted by Crippen LogP contribution is 2.30. The molecule has 3 aromatic rings. The minimum absolute atomic E-state index is 0.128. The number of benzene rings is 1. The zero-order valence-electron chi connectivity index (χ0n) is 16.2. The van der Waals surface area contributed by atoms with E-state index in [2.05, 4.69) is 11.6 Å². The van der Waals surface area contributed by atoms with Crippen molar-refractivity contribution >= 4 is 34.4 Å². The van der Waals surface area contributed by atoms with E-state index in [-0.39, 0.29) is 23.9 Å². The van der Waals surface area contributed by atoms with Gasteiger partial charge >= 0.3 is 0 Å². The van der Waals surface area contributed by atoms with Gasteiger partial charge in [-0.15, -0.1) is 22.7 Å². The Labute approximate surface area is 182 Å². The van der Waals surface area contributed by atoms with Gasteiger partial charge in [0.25, 0.3) is 5.91 Å². The molecule has 30 heavy (non-hydrogen) atoms. The third-order valence-electron chi connectivity index (χ3n) is 5.09. The Bertz CT molecular complexity index is 1050. The normalized spacial score (nSPS) is 16.5. The van der Waals surface area contributed by atoms with Crippen LogP contribution in [-0.2, 0) is 0 Å². The summed E-state index contributed by atoms with van der Waals surface area (Å²) in [5.41, 5.74) is 3.42. The number of carbonyl (C=O) groups is 2. The number of amides is 1. The van der Waals surface area contributed by atoms with Gasteiger partial charge in [0, 0.05) is 30.6 Å².